The van der Waals surface area contributed by atoms with E-state index in [4.69, 9.17) is 0 Å². The molecule has 2 amide bonds. The van der Waals surface area contributed by atoms with Crippen LogP contribution in [0.4, 0.5) is 5.69 Å². The fourth-order valence-electron chi connectivity index (χ4n) is 2.78. The van der Waals surface area contributed by atoms with Crippen LogP contribution in [0, 0.1) is 13.8 Å². The minimum Gasteiger partial charge on any atom is -0.336 e. The van der Waals surface area contributed by atoms with Gasteiger partial charge in [-0.2, -0.15) is 0 Å². The van der Waals surface area contributed by atoms with Crippen LogP contribution >= 0.6 is 27.3 Å². The first kappa shape index (κ1) is 24.0. The fraction of sp³-hybridized carbons (Fsp3) is 0.364. The van der Waals surface area contributed by atoms with Crippen LogP contribution in [0.25, 0.3) is 0 Å². The van der Waals surface area contributed by atoms with E-state index in [1.807, 2.05) is 32.0 Å². The normalized spacial score (nSPS) is 10.5. The van der Waals surface area contributed by atoms with Crippen LogP contribution < -0.4 is 5.32 Å². The standard InChI is InChI=1S/C22H25BrN2O4S/c1-14-12-16(23)5-8-18(14)24-21(28)13-25(3)22(29)11-7-17(26)6-9-19(27)20-10-4-15(2)30-20/h4-5,8,10,12H,6-7,9,11,13H2,1-3H3,(H,24,28). The Hall–Kier alpha value is -2.32. The minimum absolute atomic E-state index is 0.0201. The van der Waals surface area contributed by atoms with Crippen LogP contribution in [0.1, 0.15) is 45.8 Å². The van der Waals surface area contributed by atoms with Gasteiger partial charge in [-0.1, -0.05) is 15.9 Å². The molecule has 0 saturated heterocycles. The third-order valence-corrected chi connectivity index (χ3v) is 6.07. The third-order valence-electron chi connectivity index (χ3n) is 4.53. The average molecular weight is 493 g/mol. The van der Waals surface area contributed by atoms with E-state index < -0.39 is 0 Å². The molecule has 0 bridgehead atoms. The number of amides is 2. The molecule has 160 valence electrons. The highest BCUT2D eigenvalue weighted by molar-refractivity contribution is 9.10. The zero-order valence-electron chi connectivity index (χ0n) is 17.3. The summed E-state index contributed by atoms with van der Waals surface area (Å²) in [6.07, 6.45) is 0.355. The molecule has 1 heterocycles. The molecule has 0 unspecified atom stereocenters. The Morgan fingerprint density at radius 2 is 1.70 bits per heavy atom. The molecule has 0 radical (unpaired) electrons. The second-order valence-corrected chi connectivity index (χ2v) is 9.33. The summed E-state index contributed by atoms with van der Waals surface area (Å²) in [6, 6.07) is 9.15. The second kappa shape index (κ2) is 11.2. The zero-order valence-corrected chi connectivity index (χ0v) is 19.7. The number of benzene rings is 1. The van der Waals surface area contributed by atoms with E-state index in [0.29, 0.717) is 10.6 Å². The van der Waals surface area contributed by atoms with Gasteiger partial charge < -0.3 is 10.2 Å². The summed E-state index contributed by atoms with van der Waals surface area (Å²) in [5.41, 5.74) is 1.59. The highest BCUT2D eigenvalue weighted by Crippen LogP contribution is 2.20. The Labute approximate surface area is 188 Å². The van der Waals surface area contributed by atoms with Crippen molar-refractivity contribution >= 4 is 56.3 Å². The van der Waals surface area contributed by atoms with E-state index in [2.05, 4.69) is 21.2 Å². The smallest absolute Gasteiger partial charge is 0.243 e. The van der Waals surface area contributed by atoms with Gasteiger partial charge in [0, 0.05) is 47.8 Å². The number of nitrogens with zero attached hydrogens (tertiary/aromatic N) is 1. The van der Waals surface area contributed by atoms with Gasteiger partial charge in [0.15, 0.2) is 5.78 Å². The molecule has 1 N–H and O–H groups in total. The monoisotopic (exact) mass is 492 g/mol. The van der Waals surface area contributed by atoms with Gasteiger partial charge in [-0.3, -0.25) is 19.2 Å². The maximum atomic E-state index is 12.2. The SMILES string of the molecule is Cc1ccc(C(=O)CCC(=O)CCC(=O)N(C)CC(=O)Nc2ccc(Br)cc2C)s1. The lowest BCUT2D eigenvalue weighted by Crippen LogP contribution is -2.35. The second-order valence-electron chi connectivity index (χ2n) is 7.13. The van der Waals surface area contributed by atoms with Crippen molar-refractivity contribution in [2.24, 2.45) is 0 Å². The number of Topliss-reactive ketones (excluding diaryl/α,β-unsaturated/α-hetero) is 2. The molecule has 0 aliphatic rings. The van der Waals surface area contributed by atoms with E-state index in [-0.39, 0.29) is 55.6 Å². The highest BCUT2D eigenvalue weighted by atomic mass is 79.9. The summed E-state index contributed by atoms with van der Waals surface area (Å²) in [5.74, 6) is -0.774. The molecule has 0 saturated carbocycles. The Bertz CT molecular complexity index is 954. The predicted octanol–water partition coefficient (Wildman–Crippen LogP) is 4.54. The van der Waals surface area contributed by atoms with Crippen LogP contribution in [0.2, 0.25) is 0 Å². The topological polar surface area (TPSA) is 83.6 Å². The van der Waals surface area contributed by atoms with E-state index in [9.17, 15) is 19.2 Å². The first-order valence-corrected chi connectivity index (χ1v) is 11.2. The van der Waals surface area contributed by atoms with Crippen molar-refractivity contribution in [2.75, 3.05) is 18.9 Å². The number of ketones is 2. The number of hydrogen-bond donors (Lipinski definition) is 1. The number of hydrogen-bond acceptors (Lipinski definition) is 5. The lowest BCUT2D eigenvalue weighted by atomic mass is 10.1. The molecule has 1 aromatic carbocycles. The number of carbonyl (C=O) groups is 4. The van der Waals surface area contributed by atoms with Gasteiger partial charge in [-0.25, -0.2) is 0 Å². The summed E-state index contributed by atoms with van der Waals surface area (Å²) >= 11 is 4.79. The molecular weight excluding hydrogens is 468 g/mol. The highest BCUT2D eigenvalue weighted by Gasteiger charge is 2.16. The van der Waals surface area contributed by atoms with Gasteiger partial charge >= 0.3 is 0 Å². The van der Waals surface area contributed by atoms with Crippen molar-refractivity contribution in [3.63, 3.8) is 0 Å². The number of carbonyl (C=O) groups excluding carboxylic acids is 4. The average Bonchev–Trinajstić information content (AvgIpc) is 3.12. The van der Waals surface area contributed by atoms with Crippen LogP contribution in [0.15, 0.2) is 34.8 Å². The van der Waals surface area contributed by atoms with Crippen molar-refractivity contribution in [2.45, 2.75) is 39.5 Å². The van der Waals surface area contributed by atoms with E-state index >= 15 is 0 Å². The molecule has 2 aromatic rings. The summed E-state index contributed by atoms with van der Waals surface area (Å²) < 4.78 is 0.919. The van der Waals surface area contributed by atoms with E-state index in [0.717, 1.165) is 14.9 Å². The quantitative estimate of drug-likeness (QED) is 0.493. The Morgan fingerprint density at radius 1 is 1.00 bits per heavy atom. The van der Waals surface area contributed by atoms with Gasteiger partial charge in [0.25, 0.3) is 0 Å². The molecule has 2 rings (SSSR count). The number of likely N-dealkylation sites (N-methyl/N-ethyl adjacent to an activating group) is 1. The molecule has 0 spiro atoms. The number of rotatable bonds is 10. The van der Waals surface area contributed by atoms with Crippen LogP contribution in [0.5, 0.6) is 0 Å². The minimum atomic E-state index is -0.306. The number of halogens is 1. The van der Waals surface area contributed by atoms with Crippen LogP contribution in [0.3, 0.4) is 0 Å². The van der Waals surface area contributed by atoms with Gasteiger partial charge in [-0.05, 0) is 49.7 Å². The lowest BCUT2D eigenvalue weighted by molar-refractivity contribution is -0.134. The van der Waals surface area contributed by atoms with Crippen LogP contribution in [-0.2, 0) is 14.4 Å². The maximum absolute atomic E-state index is 12.2. The molecule has 1 aromatic heterocycles. The fourth-order valence-corrected chi connectivity index (χ4v) is 4.09. The Kier molecular flexibility index (Phi) is 8.92. The third kappa shape index (κ3) is 7.50. The van der Waals surface area contributed by atoms with Gasteiger partial charge in [-0.15, -0.1) is 11.3 Å². The molecule has 0 aliphatic heterocycles. The number of aryl methyl sites for hydroxylation is 2. The summed E-state index contributed by atoms with van der Waals surface area (Å²) in [7, 11) is 1.53. The molecular formula is C22H25BrN2O4S. The van der Waals surface area contributed by atoms with Crippen molar-refractivity contribution in [3.8, 4) is 0 Å². The predicted molar refractivity (Wildman–Crippen MR) is 122 cm³/mol. The Balaban J connectivity index is 1.72. The molecule has 0 atom stereocenters. The summed E-state index contributed by atoms with van der Waals surface area (Å²) in [6.45, 7) is 3.71. The van der Waals surface area contributed by atoms with Crippen LogP contribution in [-0.4, -0.2) is 41.9 Å². The molecule has 8 heteroatoms. The van der Waals surface area contributed by atoms with E-state index in [1.54, 1.807) is 12.1 Å². The van der Waals surface area contributed by atoms with Crippen molar-refractivity contribution in [1.29, 1.82) is 0 Å². The first-order valence-electron chi connectivity index (χ1n) is 9.57. The zero-order chi connectivity index (χ0) is 22.3. The molecule has 0 aliphatic carbocycles. The largest absolute Gasteiger partial charge is 0.336 e. The van der Waals surface area contributed by atoms with Gasteiger partial charge in [0.2, 0.25) is 11.8 Å². The molecule has 30 heavy (non-hydrogen) atoms. The summed E-state index contributed by atoms with van der Waals surface area (Å²) in [4.78, 5) is 51.5. The van der Waals surface area contributed by atoms with E-state index in [1.165, 1.54) is 23.3 Å². The molecule has 0 fully saturated rings. The maximum Gasteiger partial charge on any atom is 0.243 e. The number of anilines is 1. The van der Waals surface area contributed by atoms with Gasteiger partial charge in [0.05, 0.1) is 11.4 Å². The summed E-state index contributed by atoms with van der Waals surface area (Å²) in [5, 5.41) is 2.78. The first-order chi connectivity index (χ1) is 14.2. The van der Waals surface area contributed by atoms with Crippen molar-refractivity contribution in [3.05, 3.63) is 50.1 Å². The number of thiophene rings is 1. The van der Waals surface area contributed by atoms with Crippen molar-refractivity contribution < 1.29 is 19.2 Å². The number of nitrogens with one attached hydrogen (secondary N) is 1. The lowest BCUT2D eigenvalue weighted by Gasteiger charge is -2.17. The Morgan fingerprint density at radius 3 is 2.33 bits per heavy atom. The van der Waals surface area contributed by atoms with Crippen molar-refractivity contribution in [1.82, 2.24) is 4.90 Å². The van der Waals surface area contributed by atoms with Gasteiger partial charge in [0.1, 0.15) is 5.78 Å². The molecule has 6 nitrogen and oxygen atoms in total.